The van der Waals surface area contributed by atoms with Crippen LogP contribution in [-0.4, -0.2) is 25.4 Å². The van der Waals surface area contributed by atoms with Gasteiger partial charge in [-0.3, -0.25) is 19.1 Å². The normalized spacial score (nSPS) is 11.1. The van der Waals surface area contributed by atoms with E-state index in [2.05, 4.69) is 20.3 Å². The van der Waals surface area contributed by atoms with Gasteiger partial charge in [-0.05, 0) is 25.1 Å². The zero-order chi connectivity index (χ0) is 19.8. The third-order valence-corrected chi connectivity index (χ3v) is 4.95. The minimum atomic E-state index is -0.588. The van der Waals surface area contributed by atoms with Gasteiger partial charge in [0.05, 0.1) is 22.5 Å². The Bertz CT molecular complexity index is 1310. The lowest BCUT2D eigenvalue weighted by molar-refractivity contribution is 0.0948. The predicted molar refractivity (Wildman–Crippen MR) is 103 cm³/mol. The monoisotopic (exact) mass is 397 g/mol. The molecule has 0 saturated carbocycles. The number of H-pyrrole nitrogens is 1. The van der Waals surface area contributed by atoms with Crippen molar-refractivity contribution in [3.63, 3.8) is 0 Å². The van der Waals surface area contributed by atoms with Gasteiger partial charge in [-0.15, -0.1) is 11.3 Å². The quantitative estimate of drug-likeness (QED) is 0.539. The van der Waals surface area contributed by atoms with Crippen molar-refractivity contribution in [2.45, 2.75) is 13.5 Å². The molecule has 0 aliphatic rings. The minimum Gasteiger partial charge on any atom is -0.458 e. The summed E-state index contributed by atoms with van der Waals surface area (Å²) in [7, 11) is 1.49. The van der Waals surface area contributed by atoms with Crippen LogP contribution in [0, 0.1) is 6.92 Å². The van der Waals surface area contributed by atoms with E-state index >= 15 is 0 Å². The van der Waals surface area contributed by atoms with Crippen LogP contribution in [0.4, 0.5) is 0 Å². The summed E-state index contributed by atoms with van der Waals surface area (Å²) in [5.41, 5.74) is 0.0161. The van der Waals surface area contributed by atoms with E-state index in [0.29, 0.717) is 11.5 Å². The number of thiazole rings is 1. The van der Waals surface area contributed by atoms with Gasteiger partial charge in [-0.25, -0.2) is 14.8 Å². The summed E-state index contributed by atoms with van der Waals surface area (Å²) < 4.78 is 6.92. The molecule has 0 aliphatic heterocycles. The fraction of sp³-hybridized carbons (Fsp3) is 0.167. The Kier molecular flexibility index (Phi) is 4.40. The molecule has 4 aromatic rings. The molecule has 4 rings (SSSR count). The number of rotatable bonds is 4. The van der Waals surface area contributed by atoms with Crippen LogP contribution in [0.25, 0.3) is 22.5 Å². The van der Waals surface area contributed by atoms with Crippen molar-refractivity contribution in [3.05, 3.63) is 66.9 Å². The molecular formula is C18H15N5O4S. The van der Waals surface area contributed by atoms with Crippen molar-refractivity contribution in [3.8, 4) is 11.5 Å². The van der Waals surface area contributed by atoms with Crippen LogP contribution in [0.2, 0.25) is 0 Å². The van der Waals surface area contributed by atoms with Crippen LogP contribution >= 0.6 is 11.3 Å². The molecule has 0 saturated heterocycles. The first-order chi connectivity index (χ1) is 13.4. The Hall–Kier alpha value is -3.53. The van der Waals surface area contributed by atoms with Crippen LogP contribution in [0.1, 0.15) is 21.1 Å². The molecule has 0 atom stereocenters. The molecule has 1 amide bonds. The van der Waals surface area contributed by atoms with Crippen molar-refractivity contribution in [2.24, 2.45) is 7.05 Å². The van der Waals surface area contributed by atoms with Crippen molar-refractivity contribution >= 4 is 28.3 Å². The minimum absolute atomic E-state index is 0.161. The molecule has 0 bridgehead atoms. The van der Waals surface area contributed by atoms with Gasteiger partial charge in [-0.1, -0.05) is 0 Å². The van der Waals surface area contributed by atoms with Gasteiger partial charge in [0.15, 0.2) is 5.76 Å². The van der Waals surface area contributed by atoms with Gasteiger partial charge in [0.2, 0.25) is 0 Å². The van der Waals surface area contributed by atoms with Gasteiger partial charge in [0, 0.05) is 18.6 Å². The number of hydrogen-bond donors (Lipinski definition) is 2. The summed E-state index contributed by atoms with van der Waals surface area (Å²) in [5, 5.41) is 5.73. The number of aryl methyl sites for hydroxylation is 2. The highest BCUT2D eigenvalue weighted by Gasteiger charge is 2.13. The molecule has 0 spiro atoms. The number of hydrogen-bond acceptors (Lipinski definition) is 7. The number of fused-ring (bicyclic) bond motifs is 1. The Morgan fingerprint density at radius 3 is 2.93 bits per heavy atom. The maximum atomic E-state index is 12.4. The first-order valence-corrected chi connectivity index (χ1v) is 9.19. The SMILES string of the molecule is Cc1nc(-c2ccc(CNC(=O)c3cnc4c(c3)c(=O)[nH]c(=O)n4C)o2)cs1. The molecule has 10 heteroatoms. The summed E-state index contributed by atoms with van der Waals surface area (Å²) in [6, 6.07) is 4.97. The highest BCUT2D eigenvalue weighted by atomic mass is 32.1. The lowest BCUT2D eigenvalue weighted by atomic mass is 10.2. The van der Waals surface area contributed by atoms with Crippen LogP contribution < -0.4 is 16.6 Å². The van der Waals surface area contributed by atoms with Crippen LogP contribution in [0.15, 0.2) is 43.8 Å². The van der Waals surface area contributed by atoms with Gasteiger partial charge < -0.3 is 9.73 Å². The second-order valence-corrected chi connectivity index (χ2v) is 7.18. The van der Waals surface area contributed by atoms with E-state index in [1.165, 1.54) is 35.2 Å². The van der Waals surface area contributed by atoms with Crippen LogP contribution in [0.3, 0.4) is 0 Å². The number of aromatic nitrogens is 4. The first kappa shape index (κ1) is 17.9. The van der Waals surface area contributed by atoms with E-state index in [0.717, 1.165) is 10.7 Å². The van der Waals surface area contributed by atoms with E-state index in [-0.39, 0.29) is 23.1 Å². The van der Waals surface area contributed by atoms with E-state index in [9.17, 15) is 14.4 Å². The molecule has 2 N–H and O–H groups in total. The highest BCUT2D eigenvalue weighted by molar-refractivity contribution is 7.09. The number of pyridine rings is 1. The summed E-state index contributed by atoms with van der Waals surface area (Å²) >= 11 is 1.53. The molecule has 4 aromatic heterocycles. The molecule has 28 heavy (non-hydrogen) atoms. The fourth-order valence-corrected chi connectivity index (χ4v) is 3.32. The summed E-state index contributed by atoms with van der Waals surface area (Å²) in [5.74, 6) is 0.793. The standard InChI is InChI=1S/C18H15N5O4S/c1-9-21-13(8-28-9)14-4-3-11(27-14)7-20-16(24)10-5-12-15(19-6-10)23(2)18(26)22-17(12)25/h3-6,8H,7H2,1-2H3,(H,20,24)(H,22,25,26). The molecule has 142 valence electrons. The highest BCUT2D eigenvalue weighted by Crippen LogP contribution is 2.23. The summed E-state index contributed by atoms with van der Waals surface area (Å²) in [6.07, 6.45) is 1.32. The molecule has 0 unspecified atom stereocenters. The zero-order valence-electron chi connectivity index (χ0n) is 15.0. The fourth-order valence-electron chi connectivity index (χ4n) is 2.72. The van der Waals surface area contributed by atoms with Crippen molar-refractivity contribution in [1.29, 1.82) is 0 Å². The Morgan fingerprint density at radius 1 is 1.36 bits per heavy atom. The molecule has 0 radical (unpaired) electrons. The van der Waals surface area contributed by atoms with Crippen molar-refractivity contribution < 1.29 is 9.21 Å². The molecule has 9 nitrogen and oxygen atoms in total. The van der Waals surface area contributed by atoms with E-state index in [1.54, 1.807) is 12.1 Å². The van der Waals surface area contributed by atoms with E-state index in [4.69, 9.17) is 4.42 Å². The number of carbonyl (C=O) groups excluding carboxylic acids is 1. The van der Waals surface area contributed by atoms with Gasteiger partial charge in [0.1, 0.15) is 17.1 Å². The lowest BCUT2D eigenvalue weighted by Gasteiger charge is -2.06. The number of amides is 1. The number of aromatic amines is 1. The van der Waals surface area contributed by atoms with Crippen LogP contribution in [0.5, 0.6) is 0 Å². The number of carbonyl (C=O) groups is 1. The largest absolute Gasteiger partial charge is 0.458 e. The topological polar surface area (TPSA) is 123 Å². The maximum absolute atomic E-state index is 12.4. The molecule has 4 heterocycles. The predicted octanol–water partition coefficient (Wildman–Crippen LogP) is 1.58. The number of nitrogens with zero attached hydrogens (tertiary/aromatic N) is 3. The van der Waals surface area contributed by atoms with Crippen molar-refractivity contribution in [2.75, 3.05) is 0 Å². The molecule has 0 fully saturated rings. The van der Waals surface area contributed by atoms with Crippen LogP contribution in [-0.2, 0) is 13.6 Å². The van der Waals surface area contributed by atoms with E-state index < -0.39 is 17.2 Å². The third kappa shape index (κ3) is 3.25. The third-order valence-electron chi connectivity index (χ3n) is 4.17. The second-order valence-electron chi connectivity index (χ2n) is 6.11. The average molecular weight is 397 g/mol. The Balaban J connectivity index is 1.52. The molecular weight excluding hydrogens is 382 g/mol. The van der Waals surface area contributed by atoms with Gasteiger partial charge in [-0.2, -0.15) is 0 Å². The molecule has 0 aromatic carbocycles. The summed E-state index contributed by atoms with van der Waals surface area (Å²) in [6.45, 7) is 2.09. The Labute approximate surface area is 161 Å². The van der Waals surface area contributed by atoms with Gasteiger partial charge >= 0.3 is 5.69 Å². The first-order valence-electron chi connectivity index (χ1n) is 8.31. The van der Waals surface area contributed by atoms with E-state index in [1.807, 2.05) is 12.3 Å². The number of furan rings is 1. The molecule has 0 aliphatic carbocycles. The van der Waals surface area contributed by atoms with Gasteiger partial charge in [0.25, 0.3) is 11.5 Å². The average Bonchev–Trinajstić information content (AvgIpc) is 3.32. The zero-order valence-corrected chi connectivity index (χ0v) is 15.8. The summed E-state index contributed by atoms with van der Waals surface area (Å²) in [4.78, 5) is 46.6. The second kappa shape index (κ2) is 6.89. The smallest absolute Gasteiger partial charge is 0.329 e. The maximum Gasteiger partial charge on any atom is 0.329 e. The van der Waals surface area contributed by atoms with Crippen molar-refractivity contribution in [1.82, 2.24) is 24.8 Å². The Morgan fingerprint density at radius 2 is 2.18 bits per heavy atom. The number of nitrogens with one attached hydrogen (secondary N) is 2. The lowest BCUT2D eigenvalue weighted by Crippen LogP contribution is -2.29.